The number of pyridine rings is 1. The summed E-state index contributed by atoms with van der Waals surface area (Å²) in [6.45, 7) is 9.87. The molecule has 1 atom stereocenters. The van der Waals surface area contributed by atoms with Gasteiger partial charge in [-0.2, -0.15) is 5.26 Å². The van der Waals surface area contributed by atoms with Crippen LogP contribution in [0.1, 0.15) is 23.7 Å². The molecule has 108 valence electrons. The van der Waals surface area contributed by atoms with Crippen molar-refractivity contribution in [2.75, 3.05) is 32.0 Å². The zero-order valence-corrected chi connectivity index (χ0v) is 13.2. The molecule has 1 aromatic rings. The third-order valence-electron chi connectivity index (χ3n) is 3.39. The van der Waals surface area contributed by atoms with Crippen molar-refractivity contribution in [3.05, 3.63) is 22.9 Å². The minimum atomic E-state index is 0.322. The van der Waals surface area contributed by atoms with Crippen LogP contribution in [0.25, 0.3) is 0 Å². The molecular formula is C15H21N3OS. The van der Waals surface area contributed by atoms with E-state index in [2.05, 4.69) is 22.9 Å². The lowest BCUT2D eigenvalue weighted by molar-refractivity contribution is -0.0158. The first-order valence-electron chi connectivity index (χ1n) is 6.95. The van der Waals surface area contributed by atoms with Gasteiger partial charge in [-0.15, -0.1) is 11.8 Å². The van der Waals surface area contributed by atoms with Crippen molar-refractivity contribution >= 4 is 11.8 Å². The molecule has 0 saturated carbocycles. The number of aryl methyl sites for hydroxylation is 2. The monoisotopic (exact) mass is 291 g/mol. The van der Waals surface area contributed by atoms with E-state index in [0.717, 1.165) is 53.8 Å². The first-order valence-corrected chi connectivity index (χ1v) is 7.94. The van der Waals surface area contributed by atoms with Gasteiger partial charge in [0.1, 0.15) is 11.1 Å². The Morgan fingerprint density at radius 3 is 3.05 bits per heavy atom. The minimum Gasteiger partial charge on any atom is -0.376 e. The largest absolute Gasteiger partial charge is 0.376 e. The van der Waals surface area contributed by atoms with Crippen LogP contribution in [0.4, 0.5) is 0 Å². The van der Waals surface area contributed by atoms with Gasteiger partial charge in [-0.25, -0.2) is 4.98 Å². The molecule has 5 heteroatoms. The summed E-state index contributed by atoms with van der Waals surface area (Å²) in [6, 6.07) is 4.23. The molecule has 0 unspecified atom stereocenters. The summed E-state index contributed by atoms with van der Waals surface area (Å²) in [4.78, 5) is 6.91. The summed E-state index contributed by atoms with van der Waals surface area (Å²) in [6.07, 6.45) is 0.322. The lowest BCUT2D eigenvalue weighted by Gasteiger charge is -2.30. The van der Waals surface area contributed by atoms with Crippen molar-refractivity contribution in [1.82, 2.24) is 9.88 Å². The lowest BCUT2D eigenvalue weighted by Crippen LogP contribution is -2.42. The van der Waals surface area contributed by atoms with E-state index in [0.29, 0.717) is 6.10 Å². The van der Waals surface area contributed by atoms with Gasteiger partial charge in [0.05, 0.1) is 18.3 Å². The summed E-state index contributed by atoms with van der Waals surface area (Å²) < 4.78 is 5.54. The average Bonchev–Trinajstić information content (AvgIpc) is 2.38. The maximum Gasteiger partial charge on any atom is 0.114 e. The van der Waals surface area contributed by atoms with E-state index >= 15 is 0 Å². The summed E-state index contributed by atoms with van der Waals surface area (Å²) in [5.74, 6) is 0.956. The Labute approximate surface area is 125 Å². The highest BCUT2D eigenvalue weighted by Crippen LogP contribution is 2.23. The maximum absolute atomic E-state index is 9.24. The van der Waals surface area contributed by atoms with Crippen LogP contribution in [-0.4, -0.2) is 48.0 Å². The van der Waals surface area contributed by atoms with Crippen molar-refractivity contribution in [2.45, 2.75) is 31.9 Å². The second-order valence-corrected chi connectivity index (χ2v) is 6.29. The number of thioether (sulfide) groups is 1. The van der Waals surface area contributed by atoms with Crippen LogP contribution in [0.3, 0.4) is 0 Å². The van der Waals surface area contributed by atoms with E-state index in [4.69, 9.17) is 4.74 Å². The summed E-state index contributed by atoms with van der Waals surface area (Å²) in [7, 11) is 0. The van der Waals surface area contributed by atoms with E-state index < -0.39 is 0 Å². The average molecular weight is 291 g/mol. The number of ether oxygens (including phenoxy) is 1. The molecule has 1 aliphatic rings. The number of nitriles is 1. The predicted octanol–water partition coefficient (Wildman–Crippen LogP) is 2.38. The fraction of sp³-hybridized carbons (Fsp3) is 0.600. The van der Waals surface area contributed by atoms with Crippen LogP contribution < -0.4 is 0 Å². The molecule has 4 nitrogen and oxygen atoms in total. The van der Waals surface area contributed by atoms with E-state index in [1.165, 1.54) is 0 Å². The molecule has 0 bridgehead atoms. The molecule has 0 radical (unpaired) electrons. The van der Waals surface area contributed by atoms with E-state index in [1.54, 1.807) is 11.8 Å². The fourth-order valence-corrected chi connectivity index (χ4v) is 3.51. The van der Waals surface area contributed by atoms with Crippen molar-refractivity contribution < 1.29 is 4.74 Å². The Balaban J connectivity index is 1.92. The Morgan fingerprint density at radius 1 is 1.55 bits per heavy atom. The predicted molar refractivity (Wildman–Crippen MR) is 81.0 cm³/mol. The standard InChI is InChI=1S/C15H21N3OS/c1-11-8-12(2)17-15(14(11)9-16)20-7-5-18-4-6-19-13(3)10-18/h8,13H,4-7,10H2,1-3H3/t13-/m1/s1. The van der Waals surface area contributed by atoms with E-state index in [1.807, 2.05) is 19.9 Å². The van der Waals surface area contributed by atoms with Crippen LogP contribution in [-0.2, 0) is 4.74 Å². The number of nitrogens with zero attached hydrogens (tertiary/aromatic N) is 3. The number of morpholine rings is 1. The molecule has 20 heavy (non-hydrogen) atoms. The van der Waals surface area contributed by atoms with Gasteiger partial charge in [0, 0.05) is 31.1 Å². The van der Waals surface area contributed by atoms with Gasteiger partial charge < -0.3 is 4.74 Å². The Hall–Kier alpha value is -1.09. The van der Waals surface area contributed by atoms with E-state index in [9.17, 15) is 5.26 Å². The second kappa shape index (κ2) is 7.07. The number of hydrogen-bond donors (Lipinski definition) is 0. The van der Waals surface area contributed by atoms with Crippen LogP contribution in [0, 0.1) is 25.2 Å². The second-order valence-electron chi connectivity index (χ2n) is 5.20. The lowest BCUT2D eigenvalue weighted by atomic mass is 10.1. The molecule has 1 fully saturated rings. The van der Waals surface area contributed by atoms with Gasteiger partial charge in [0.2, 0.25) is 0 Å². The molecule has 0 aromatic carbocycles. The van der Waals surface area contributed by atoms with Crippen LogP contribution >= 0.6 is 11.8 Å². The summed E-state index contributed by atoms with van der Waals surface area (Å²) in [5.41, 5.74) is 2.71. The smallest absolute Gasteiger partial charge is 0.114 e. The Kier molecular flexibility index (Phi) is 5.41. The molecule has 2 rings (SSSR count). The Bertz CT molecular complexity index is 513. The highest BCUT2D eigenvalue weighted by atomic mass is 32.2. The normalized spacial score (nSPS) is 19.8. The van der Waals surface area contributed by atoms with Crippen LogP contribution in [0.5, 0.6) is 0 Å². The molecule has 0 aliphatic carbocycles. The fourth-order valence-electron chi connectivity index (χ4n) is 2.41. The molecule has 1 aromatic heterocycles. The molecule has 1 aliphatic heterocycles. The van der Waals surface area contributed by atoms with Crippen molar-refractivity contribution in [2.24, 2.45) is 0 Å². The SMILES string of the molecule is Cc1cc(C)c(C#N)c(SCCN2CCO[C@H](C)C2)n1. The van der Waals surface area contributed by atoms with Crippen molar-refractivity contribution in [3.63, 3.8) is 0 Å². The van der Waals surface area contributed by atoms with Crippen LogP contribution in [0.15, 0.2) is 11.1 Å². The summed E-state index contributed by atoms with van der Waals surface area (Å²) >= 11 is 1.68. The first-order chi connectivity index (χ1) is 9.60. The number of rotatable bonds is 4. The highest BCUT2D eigenvalue weighted by molar-refractivity contribution is 7.99. The number of hydrogen-bond acceptors (Lipinski definition) is 5. The highest BCUT2D eigenvalue weighted by Gasteiger charge is 2.16. The van der Waals surface area contributed by atoms with Crippen LogP contribution in [0.2, 0.25) is 0 Å². The van der Waals surface area contributed by atoms with Crippen molar-refractivity contribution in [3.8, 4) is 6.07 Å². The zero-order chi connectivity index (χ0) is 14.5. The molecular weight excluding hydrogens is 270 g/mol. The summed E-state index contributed by atoms with van der Waals surface area (Å²) in [5, 5.41) is 10.1. The van der Waals surface area contributed by atoms with Gasteiger partial charge >= 0.3 is 0 Å². The molecule has 1 saturated heterocycles. The molecule has 0 amide bonds. The zero-order valence-electron chi connectivity index (χ0n) is 12.3. The number of aromatic nitrogens is 1. The van der Waals surface area contributed by atoms with Gasteiger partial charge in [-0.05, 0) is 32.4 Å². The van der Waals surface area contributed by atoms with Crippen molar-refractivity contribution in [1.29, 1.82) is 5.26 Å². The van der Waals surface area contributed by atoms with Gasteiger partial charge in [0.15, 0.2) is 0 Å². The van der Waals surface area contributed by atoms with Gasteiger partial charge in [-0.1, -0.05) is 0 Å². The van der Waals surface area contributed by atoms with Gasteiger partial charge in [0.25, 0.3) is 0 Å². The third-order valence-corrected chi connectivity index (χ3v) is 4.35. The topological polar surface area (TPSA) is 49.2 Å². The van der Waals surface area contributed by atoms with E-state index in [-0.39, 0.29) is 0 Å². The van der Waals surface area contributed by atoms with Gasteiger partial charge in [-0.3, -0.25) is 4.90 Å². The maximum atomic E-state index is 9.24. The third kappa shape index (κ3) is 3.95. The quantitative estimate of drug-likeness (QED) is 0.797. The first kappa shape index (κ1) is 15.3. The Morgan fingerprint density at radius 2 is 2.35 bits per heavy atom. The molecule has 2 heterocycles. The minimum absolute atomic E-state index is 0.322. The molecule has 0 spiro atoms. The molecule has 0 N–H and O–H groups in total.